The Morgan fingerprint density at radius 2 is 1.26 bits per heavy atom. The van der Waals surface area contributed by atoms with Crippen molar-refractivity contribution < 1.29 is 34.4 Å². The first-order valence-corrected chi connectivity index (χ1v) is 9.48. The van der Waals surface area contributed by atoms with Gasteiger partial charge in [-0.05, 0) is 66.4 Å². The normalized spacial score (nSPS) is 10.5. The molecule has 0 radical (unpaired) electrons. The monoisotopic (exact) mass is 422 g/mol. The highest BCUT2D eigenvalue weighted by atomic mass is 16.5. The van der Waals surface area contributed by atoms with Crippen molar-refractivity contribution in [2.45, 2.75) is 12.8 Å². The second kappa shape index (κ2) is 9.21. The van der Waals surface area contributed by atoms with Gasteiger partial charge in [0.25, 0.3) is 0 Å². The van der Waals surface area contributed by atoms with Gasteiger partial charge in [0.2, 0.25) is 17.3 Å². The van der Waals surface area contributed by atoms with Gasteiger partial charge in [0.15, 0.2) is 11.5 Å². The Morgan fingerprint density at radius 1 is 0.710 bits per heavy atom. The SMILES string of the molecule is COc1ccc(CCc2cc(C(=O)C(=O)c3ccc(OC)cc3)c(O)c(O)c2O)cc1. The van der Waals surface area contributed by atoms with E-state index < -0.39 is 28.8 Å². The number of carbonyl (C=O) groups is 2. The third-order valence-corrected chi connectivity index (χ3v) is 4.97. The van der Waals surface area contributed by atoms with Gasteiger partial charge in [0.05, 0.1) is 19.8 Å². The second-order valence-electron chi connectivity index (χ2n) is 6.86. The van der Waals surface area contributed by atoms with Crippen LogP contribution in [0.15, 0.2) is 54.6 Å². The molecular formula is C24H22O7. The molecule has 0 aliphatic carbocycles. The predicted octanol–water partition coefficient (Wildman–Crippen LogP) is 3.67. The van der Waals surface area contributed by atoms with E-state index in [1.165, 1.54) is 37.4 Å². The molecule has 31 heavy (non-hydrogen) atoms. The molecule has 0 amide bonds. The predicted molar refractivity (Wildman–Crippen MR) is 113 cm³/mol. The van der Waals surface area contributed by atoms with Crippen molar-refractivity contribution in [3.63, 3.8) is 0 Å². The fourth-order valence-corrected chi connectivity index (χ4v) is 3.13. The highest BCUT2D eigenvalue weighted by Crippen LogP contribution is 2.41. The maximum absolute atomic E-state index is 12.7. The van der Waals surface area contributed by atoms with Crippen LogP contribution in [0.4, 0.5) is 0 Å². The number of methoxy groups -OCH3 is 2. The first-order chi connectivity index (χ1) is 14.8. The lowest BCUT2D eigenvalue weighted by atomic mass is 9.95. The number of aromatic hydroxyl groups is 3. The number of benzene rings is 3. The highest BCUT2D eigenvalue weighted by Gasteiger charge is 2.26. The van der Waals surface area contributed by atoms with Crippen LogP contribution in [0.3, 0.4) is 0 Å². The molecule has 0 heterocycles. The largest absolute Gasteiger partial charge is 0.504 e. The van der Waals surface area contributed by atoms with Gasteiger partial charge in [-0.25, -0.2) is 0 Å². The van der Waals surface area contributed by atoms with E-state index in [4.69, 9.17) is 9.47 Å². The summed E-state index contributed by atoms with van der Waals surface area (Å²) in [5, 5.41) is 30.5. The van der Waals surface area contributed by atoms with E-state index in [-0.39, 0.29) is 23.1 Å². The molecule has 3 aromatic carbocycles. The molecule has 0 bridgehead atoms. The van der Waals surface area contributed by atoms with E-state index in [0.29, 0.717) is 17.9 Å². The van der Waals surface area contributed by atoms with Gasteiger partial charge < -0.3 is 24.8 Å². The molecular weight excluding hydrogens is 400 g/mol. The first kappa shape index (κ1) is 21.7. The number of aryl methyl sites for hydroxylation is 2. The van der Waals surface area contributed by atoms with Crippen molar-refractivity contribution >= 4 is 11.6 Å². The minimum atomic E-state index is -0.997. The van der Waals surface area contributed by atoms with Crippen LogP contribution in [0.1, 0.15) is 31.8 Å². The number of ketones is 2. The van der Waals surface area contributed by atoms with Gasteiger partial charge in [-0.1, -0.05) is 12.1 Å². The van der Waals surface area contributed by atoms with Crippen molar-refractivity contribution in [2.24, 2.45) is 0 Å². The number of rotatable bonds is 8. The third kappa shape index (κ3) is 4.61. The van der Waals surface area contributed by atoms with Crippen molar-refractivity contribution in [1.29, 1.82) is 0 Å². The maximum Gasteiger partial charge on any atom is 0.237 e. The Morgan fingerprint density at radius 3 is 1.81 bits per heavy atom. The molecule has 0 aliphatic rings. The number of hydrogen-bond acceptors (Lipinski definition) is 7. The lowest BCUT2D eigenvalue weighted by Crippen LogP contribution is -2.15. The van der Waals surface area contributed by atoms with Crippen LogP contribution in [0.25, 0.3) is 0 Å². The zero-order valence-electron chi connectivity index (χ0n) is 17.1. The summed E-state index contributed by atoms with van der Waals surface area (Å²) in [6, 6.07) is 14.5. The zero-order valence-corrected chi connectivity index (χ0v) is 17.1. The second-order valence-corrected chi connectivity index (χ2v) is 6.86. The Hall–Kier alpha value is -4.00. The molecule has 0 aromatic heterocycles. The minimum Gasteiger partial charge on any atom is -0.504 e. The van der Waals surface area contributed by atoms with Crippen LogP contribution in [0.2, 0.25) is 0 Å². The molecule has 0 spiro atoms. The standard InChI is InChI=1S/C24H22O7/c1-30-17-9-4-14(5-10-17)3-6-16-13-19(23(28)24(29)21(16)26)22(27)20(25)15-7-11-18(31-2)12-8-15/h4-5,7-13,26,28-29H,3,6H2,1-2H3. The zero-order chi connectivity index (χ0) is 22.5. The maximum atomic E-state index is 12.7. The molecule has 0 saturated heterocycles. The van der Waals surface area contributed by atoms with Gasteiger partial charge in [-0.15, -0.1) is 0 Å². The lowest BCUT2D eigenvalue weighted by molar-refractivity contribution is 0.0814. The van der Waals surface area contributed by atoms with Crippen LogP contribution in [0.5, 0.6) is 28.7 Å². The van der Waals surface area contributed by atoms with Gasteiger partial charge in [0, 0.05) is 5.56 Å². The molecule has 3 aromatic rings. The van der Waals surface area contributed by atoms with Crippen LogP contribution < -0.4 is 9.47 Å². The number of carbonyl (C=O) groups excluding carboxylic acids is 2. The number of Topliss-reactive ketones (excluding diaryl/α,β-unsaturated/α-hetero) is 2. The van der Waals surface area contributed by atoms with E-state index in [9.17, 15) is 24.9 Å². The average molecular weight is 422 g/mol. The number of ether oxygens (including phenoxy) is 2. The molecule has 0 atom stereocenters. The summed E-state index contributed by atoms with van der Waals surface area (Å²) in [4.78, 5) is 25.3. The topological polar surface area (TPSA) is 113 Å². The molecule has 7 heteroatoms. The van der Waals surface area contributed by atoms with Gasteiger partial charge in [-0.2, -0.15) is 0 Å². The van der Waals surface area contributed by atoms with Crippen molar-refractivity contribution in [3.8, 4) is 28.7 Å². The van der Waals surface area contributed by atoms with Crippen LogP contribution >= 0.6 is 0 Å². The average Bonchev–Trinajstić information content (AvgIpc) is 2.81. The molecule has 0 fully saturated rings. The molecule has 0 aliphatic heterocycles. The van der Waals surface area contributed by atoms with E-state index in [0.717, 1.165) is 5.56 Å². The summed E-state index contributed by atoms with van der Waals surface area (Å²) in [6.07, 6.45) is 0.755. The van der Waals surface area contributed by atoms with E-state index in [2.05, 4.69) is 0 Å². The molecule has 3 rings (SSSR count). The van der Waals surface area contributed by atoms with Crippen molar-refractivity contribution in [1.82, 2.24) is 0 Å². The first-order valence-electron chi connectivity index (χ1n) is 9.48. The van der Waals surface area contributed by atoms with Gasteiger partial charge in [0.1, 0.15) is 11.5 Å². The fraction of sp³-hybridized carbons (Fsp3) is 0.167. The van der Waals surface area contributed by atoms with Gasteiger partial charge in [-0.3, -0.25) is 9.59 Å². The number of hydrogen-bond donors (Lipinski definition) is 3. The van der Waals surface area contributed by atoms with Crippen molar-refractivity contribution in [3.05, 3.63) is 76.9 Å². The Balaban J connectivity index is 1.86. The van der Waals surface area contributed by atoms with E-state index in [1.54, 1.807) is 19.2 Å². The number of phenolic OH excluding ortho intramolecular Hbond substituents is 3. The summed E-state index contributed by atoms with van der Waals surface area (Å²) in [6.45, 7) is 0. The lowest BCUT2D eigenvalue weighted by Gasteiger charge is -2.12. The van der Waals surface area contributed by atoms with Gasteiger partial charge >= 0.3 is 0 Å². The minimum absolute atomic E-state index is 0.109. The fourth-order valence-electron chi connectivity index (χ4n) is 3.13. The van der Waals surface area contributed by atoms with E-state index in [1.807, 2.05) is 12.1 Å². The van der Waals surface area contributed by atoms with Crippen LogP contribution in [-0.4, -0.2) is 41.1 Å². The quantitative estimate of drug-likeness (QED) is 0.288. The molecule has 7 nitrogen and oxygen atoms in total. The van der Waals surface area contributed by atoms with Crippen LogP contribution in [0, 0.1) is 0 Å². The highest BCUT2D eigenvalue weighted by molar-refractivity contribution is 6.49. The summed E-state index contributed by atoms with van der Waals surface area (Å²) < 4.78 is 10.1. The Kier molecular flexibility index (Phi) is 6.45. The molecule has 0 saturated carbocycles. The Bertz CT molecular complexity index is 1100. The third-order valence-electron chi connectivity index (χ3n) is 4.97. The Labute approximate surface area is 179 Å². The smallest absolute Gasteiger partial charge is 0.237 e. The summed E-state index contributed by atoms with van der Waals surface area (Å²) in [7, 11) is 3.05. The van der Waals surface area contributed by atoms with Crippen LogP contribution in [-0.2, 0) is 12.8 Å². The summed E-state index contributed by atoms with van der Waals surface area (Å²) in [5.74, 6) is -2.82. The summed E-state index contributed by atoms with van der Waals surface area (Å²) in [5.41, 5.74) is 0.908. The van der Waals surface area contributed by atoms with Crippen molar-refractivity contribution in [2.75, 3.05) is 14.2 Å². The number of phenols is 3. The summed E-state index contributed by atoms with van der Waals surface area (Å²) >= 11 is 0. The molecule has 3 N–H and O–H groups in total. The molecule has 160 valence electrons. The molecule has 0 unspecified atom stereocenters. The van der Waals surface area contributed by atoms with E-state index >= 15 is 0 Å².